The van der Waals surface area contributed by atoms with Gasteiger partial charge in [0.15, 0.2) is 0 Å². The molecule has 1 fully saturated rings. The van der Waals surface area contributed by atoms with E-state index in [1.54, 1.807) is 0 Å². The molecular formula is C14H19N3. The molecule has 0 atom stereocenters. The quantitative estimate of drug-likeness (QED) is 0.819. The summed E-state index contributed by atoms with van der Waals surface area (Å²) >= 11 is 0. The Morgan fingerprint density at radius 1 is 1.41 bits per heavy atom. The molecule has 3 heteroatoms. The Labute approximate surface area is 102 Å². The van der Waals surface area contributed by atoms with Crippen LogP contribution in [0.3, 0.4) is 0 Å². The molecule has 0 unspecified atom stereocenters. The number of benzene rings is 1. The highest BCUT2D eigenvalue weighted by atomic mass is 15.1. The number of aryl methyl sites for hydroxylation is 2. The Kier molecular flexibility index (Phi) is 2.54. The summed E-state index contributed by atoms with van der Waals surface area (Å²) in [6.45, 7) is 3.27. The van der Waals surface area contributed by atoms with Gasteiger partial charge in [0.05, 0.1) is 11.0 Å². The lowest BCUT2D eigenvalue weighted by molar-refractivity contribution is 0.588. The van der Waals surface area contributed by atoms with Crippen molar-refractivity contribution in [2.45, 2.75) is 39.2 Å². The average molecular weight is 229 g/mol. The molecule has 2 N–H and O–H groups in total. The van der Waals surface area contributed by atoms with Gasteiger partial charge in [0.25, 0.3) is 0 Å². The van der Waals surface area contributed by atoms with Crippen molar-refractivity contribution in [1.82, 2.24) is 9.55 Å². The number of hydrogen-bond acceptors (Lipinski definition) is 2. The van der Waals surface area contributed by atoms with Crippen LogP contribution in [0, 0.1) is 5.92 Å². The lowest BCUT2D eigenvalue weighted by Gasteiger charge is -2.07. The van der Waals surface area contributed by atoms with Gasteiger partial charge in [0.1, 0.15) is 5.82 Å². The number of imidazole rings is 1. The Bertz CT molecular complexity index is 538. The number of aromatic nitrogens is 2. The average Bonchev–Trinajstić information content (AvgIpc) is 3.08. The normalized spacial score (nSPS) is 15.6. The maximum Gasteiger partial charge on any atom is 0.109 e. The molecule has 1 aliphatic carbocycles. The van der Waals surface area contributed by atoms with Gasteiger partial charge in [-0.1, -0.05) is 19.8 Å². The van der Waals surface area contributed by atoms with Crippen LogP contribution >= 0.6 is 0 Å². The molecule has 0 spiro atoms. The standard InChI is InChI=1S/C14H19N3/c1-2-14-16-12-9-11(15)5-6-13(12)17(14)8-7-10-3-4-10/h5-6,9-10H,2-4,7-8,15H2,1H3. The third-order valence-electron chi connectivity index (χ3n) is 3.63. The van der Waals surface area contributed by atoms with Crippen LogP contribution in [0.15, 0.2) is 18.2 Å². The van der Waals surface area contributed by atoms with E-state index in [0.29, 0.717) is 0 Å². The molecule has 3 rings (SSSR count). The van der Waals surface area contributed by atoms with Crippen LogP contribution in [0.5, 0.6) is 0 Å². The summed E-state index contributed by atoms with van der Waals surface area (Å²) in [4.78, 5) is 4.67. The van der Waals surface area contributed by atoms with Gasteiger partial charge < -0.3 is 10.3 Å². The molecule has 1 saturated carbocycles. The minimum absolute atomic E-state index is 0.798. The van der Waals surface area contributed by atoms with E-state index in [9.17, 15) is 0 Å². The maximum atomic E-state index is 5.81. The van der Waals surface area contributed by atoms with E-state index in [4.69, 9.17) is 5.73 Å². The topological polar surface area (TPSA) is 43.8 Å². The van der Waals surface area contributed by atoms with Gasteiger partial charge in [-0.25, -0.2) is 4.98 Å². The van der Waals surface area contributed by atoms with E-state index in [1.807, 2.05) is 12.1 Å². The Hall–Kier alpha value is -1.51. The van der Waals surface area contributed by atoms with Crippen LogP contribution in [0.25, 0.3) is 11.0 Å². The molecule has 0 aliphatic heterocycles. The summed E-state index contributed by atoms with van der Waals surface area (Å²) in [6.07, 6.45) is 5.12. The fraction of sp³-hybridized carbons (Fsp3) is 0.500. The first-order chi connectivity index (χ1) is 8.28. The number of fused-ring (bicyclic) bond motifs is 1. The molecule has 90 valence electrons. The van der Waals surface area contributed by atoms with E-state index in [0.717, 1.165) is 30.1 Å². The minimum atomic E-state index is 0.798. The van der Waals surface area contributed by atoms with Crippen molar-refractivity contribution in [2.24, 2.45) is 5.92 Å². The highest BCUT2D eigenvalue weighted by Crippen LogP contribution is 2.33. The molecule has 2 aromatic rings. The first-order valence-electron chi connectivity index (χ1n) is 6.52. The van der Waals surface area contributed by atoms with Crippen LogP contribution in [-0.2, 0) is 13.0 Å². The van der Waals surface area contributed by atoms with Gasteiger partial charge >= 0.3 is 0 Å². The number of anilines is 1. The highest BCUT2D eigenvalue weighted by Gasteiger charge is 2.21. The van der Waals surface area contributed by atoms with Gasteiger partial charge in [-0.15, -0.1) is 0 Å². The molecule has 3 nitrogen and oxygen atoms in total. The minimum Gasteiger partial charge on any atom is -0.399 e. The molecular weight excluding hydrogens is 210 g/mol. The van der Waals surface area contributed by atoms with Crippen molar-refractivity contribution in [2.75, 3.05) is 5.73 Å². The van der Waals surface area contributed by atoms with Gasteiger partial charge in [0.2, 0.25) is 0 Å². The van der Waals surface area contributed by atoms with Crippen LogP contribution in [0.1, 0.15) is 32.0 Å². The number of nitrogens with zero attached hydrogens (tertiary/aromatic N) is 2. The molecule has 0 radical (unpaired) electrons. The highest BCUT2D eigenvalue weighted by molar-refractivity contribution is 5.79. The zero-order valence-corrected chi connectivity index (χ0v) is 10.3. The van der Waals surface area contributed by atoms with Gasteiger partial charge in [0, 0.05) is 18.7 Å². The molecule has 1 aromatic heterocycles. The second-order valence-electron chi connectivity index (χ2n) is 5.01. The lowest BCUT2D eigenvalue weighted by Crippen LogP contribution is -2.03. The first-order valence-corrected chi connectivity index (χ1v) is 6.52. The summed E-state index contributed by atoms with van der Waals surface area (Å²) in [5, 5.41) is 0. The van der Waals surface area contributed by atoms with Gasteiger partial charge in [-0.05, 0) is 30.5 Å². The summed E-state index contributed by atoms with van der Waals surface area (Å²) in [5.74, 6) is 2.15. The summed E-state index contributed by atoms with van der Waals surface area (Å²) < 4.78 is 2.37. The zero-order chi connectivity index (χ0) is 11.8. The van der Waals surface area contributed by atoms with Crippen molar-refractivity contribution in [1.29, 1.82) is 0 Å². The van der Waals surface area contributed by atoms with Gasteiger partial charge in [-0.2, -0.15) is 0 Å². The third-order valence-corrected chi connectivity index (χ3v) is 3.63. The Morgan fingerprint density at radius 2 is 2.24 bits per heavy atom. The number of rotatable bonds is 4. The molecule has 0 saturated heterocycles. The fourth-order valence-electron chi connectivity index (χ4n) is 2.43. The Balaban J connectivity index is 1.99. The van der Waals surface area contributed by atoms with Crippen molar-refractivity contribution in [3.63, 3.8) is 0 Å². The molecule has 1 aliphatic rings. The molecule has 17 heavy (non-hydrogen) atoms. The molecule has 1 heterocycles. The monoisotopic (exact) mass is 229 g/mol. The largest absolute Gasteiger partial charge is 0.399 e. The predicted octanol–water partition coefficient (Wildman–Crippen LogP) is 2.98. The fourth-order valence-corrected chi connectivity index (χ4v) is 2.43. The second-order valence-corrected chi connectivity index (χ2v) is 5.01. The summed E-state index contributed by atoms with van der Waals surface area (Å²) in [6, 6.07) is 6.04. The molecule has 0 amide bonds. The Morgan fingerprint density at radius 3 is 2.94 bits per heavy atom. The predicted molar refractivity (Wildman–Crippen MR) is 70.9 cm³/mol. The number of nitrogen functional groups attached to an aromatic ring is 1. The SMILES string of the molecule is CCc1nc2cc(N)ccc2n1CCC1CC1. The first kappa shape index (κ1) is 10.6. The van der Waals surface area contributed by atoms with Crippen LogP contribution in [0.4, 0.5) is 5.69 Å². The van der Waals surface area contributed by atoms with Gasteiger partial charge in [-0.3, -0.25) is 0 Å². The van der Waals surface area contributed by atoms with E-state index in [1.165, 1.54) is 30.6 Å². The maximum absolute atomic E-state index is 5.81. The van der Waals surface area contributed by atoms with Crippen molar-refractivity contribution < 1.29 is 0 Å². The van der Waals surface area contributed by atoms with E-state index in [2.05, 4.69) is 22.5 Å². The van der Waals surface area contributed by atoms with Crippen LogP contribution in [-0.4, -0.2) is 9.55 Å². The van der Waals surface area contributed by atoms with E-state index < -0.39 is 0 Å². The lowest BCUT2D eigenvalue weighted by atomic mass is 10.2. The van der Waals surface area contributed by atoms with Crippen LogP contribution in [0.2, 0.25) is 0 Å². The third kappa shape index (κ3) is 2.02. The molecule has 1 aromatic carbocycles. The van der Waals surface area contributed by atoms with Crippen molar-refractivity contribution in [3.8, 4) is 0 Å². The zero-order valence-electron chi connectivity index (χ0n) is 10.3. The van der Waals surface area contributed by atoms with E-state index in [-0.39, 0.29) is 0 Å². The van der Waals surface area contributed by atoms with Crippen molar-refractivity contribution >= 4 is 16.7 Å². The number of nitrogens with two attached hydrogens (primary N) is 1. The summed E-state index contributed by atoms with van der Waals surface area (Å²) in [5.41, 5.74) is 8.88. The van der Waals surface area contributed by atoms with E-state index >= 15 is 0 Å². The number of hydrogen-bond donors (Lipinski definition) is 1. The van der Waals surface area contributed by atoms with Crippen molar-refractivity contribution in [3.05, 3.63) is 24.0 Å². The second kappa shape index (κ2) is 4.06. The molecule has 0 bridgehead atoms. The van der Waals surface area contributed by atoms with Crippen LogP contribution < -0.4 is 5.73 Å². The summed E-state index contributed by atoms with van der Waals surface area (Å²) in [7, 11) is 0. The smallest absolute Gasteiger partial charge is 0.109 e.